The predicted octanol–water partition coefficient (Wildman–Crippen LogP) is 6.45. The molecule has 2 saturated carbocycles. The van der Waals surface area contributed by atoms with Crippen LogP contribution in [0.5, 0.6) is 5.75 Å². The molecule has 0 radical (unpaired) electrons. The number of benzene rings is 2. The number of hydrogen-bond acceptors (Lipinski definition) is 3. The zero-order chi connectivity index (χ0) is 24.7. The van der Waals surface area contributed by atoms with E-state index in [9.17, 15) is 23.1 Å². The van der Waals surface area contributed by atoms with E-state index in [1.807, 2.05) is 19.9 Å². The molecule has 0 saturated heterocycles. The number of nitrogens with one attached hydrogen (secondary N) is 1. The topological polar surface area (TPSA) is 58.6 Å². The van der Waals surface area contributed by atoms with Crippen LogP contribution in [0.25, 0.3) is 10.8 Å². The van der Waals surface area contributed by atoms with E-state index in [1.54, 1.807) is 18.2 Å². The predicted molar refractivity (Wildman–Crippen MR) is 126 cm³/mol. The third kappa shape index (κ3) is 5.04. The molecule has 2 unspecified atom stereocenters. The highest BCUT2D eigenvalue weighted by Gasteiger charge is 2.51. The van der Waals surface area contributed by atoms with Gasteiger partial charge in [0.15, 0.2) is 0 Å². The molecule has 0 aliphatic heterocycles. The highest BCUT2D eigenvalue weighted by molar-refractivity contribution is 5.89. The van der Waals surface area contributed by atoms with Gasteiger partial charge in [-0.15, -0.1) is 0 Å². The molecule has 186 valence electrons. The molecule has 34 heavy (non-hydrogen) atoms. The van der Waals surface area contributed by atoms with Crippen LogP contribution in [0.4, 0.5) is 13.2 Å². The van der Waals surface area contributed by atoms with Gasteiger partial charge < -0.3 is 15.2 Å². The molecule has 4 nitrogen and oxygen atoms in total. The molecular formula is C27H34F3NO3. The zero-order valence-electron chi connectivity index (χ0n) is 20.0. The van der Waals surface area contributed by atoms with Crippen molar-refractivity contribution in [2.75, 3.05) is 6.54 Å². The first-order valence-electron chi connectivity index (χ1n) is 12.2. The highest BCUT2D eigenvalue weighted by Crippen LogP contribution is 2.46. The second-order valence-corrected chi connectivity index (χ2v) is 10.7. The standard InChI is InChI=1S/C27H34F3NO3/c1-16-4-9-19(10-5-16)34-22-11-8-18-7-6-17(14-20(18)24(22)27(28,29)30)12-13-31-23-15-21(25(32)33)26(23,2)3/h6-8,11,14,16,19,21,23,31H,4-5,9-10,12-13,15H2,1-3H3,(H,32,33). The number of fused-ring (bicyclic) bond motifs is 1. The quantitative estimate of drug-likeness (QED) is 0.481. The van der Waals surface area contributed by atoms with Crippen molar-refractivity contribution in [1.82, 2.24) is 5.32 Å². The van der Waals surface area contributed by atoms with Gasteiger partial charge in [0.2, 0.25) is 0 Å². The summed E-state index contributed by atoms with van der Waals surface area (Å²) < 4.78 is 48.5. The van der Waals surface area contributed by atoms with E-state index in [2.05, 4.69) is 12.2 Å². The van der Waals surface area contributed by atoms with Crippen molar-refractivity contribution in [2.24, 2.45) is 17.3 Å². The molecule has 7 heteroatoms. The van der Waals surface area contributed by atoms with Crippen molar-refractivity contribution in [3.63, 3.8) is 0 Å². The van der Waals surface area contributed by atoms with Gasteiger partial charge in [0, 0.05) is 6.04 Å². The van der Waals surface area contributed by atoms with Crippen LogP contribution in [0.2, 0.25) is 0 Å². The third-order valence-corrected chi connectivity index (χ3v) is 7.96. The number of ether oxygens (including phenoxy) is 1. The zero-order valence-corrected chi connectivity index (χ0v) is 20.0. The molecule has 2 aliphatic rings. The molecule has 2 N–H and O–H groups in total. The van der Waals surface area contributed by atoms with E-state index in [1.165, 1.54) is 6.07 Å². The third-order valence-electron chi connectivity index (χ3n) is 7.96. The first-order valence-corrected chi connectivity index (χ1v) is 12.2. The summed E-state index contributed by atoms with van der Waals surface area (Å²) in [7, 11) is 0. The summed E-state index contributed by atoms with van der Waals surface area (Å²) in [5.41, 5.74) is -0.231. The minimum atomic E-state index is -4.52. The lowest BCUT2D eigenvalue weighted by molar-refractivity contribution is -0.155. The van der Waals surface area contributed by atoms with Gasteiger partial charge in [-0.25, -0.2) is 0 Å². The van der Waals surface area contributed by atoms with Crippen LogP contribution in [-0.2, 0) is 17.4 Å². The summed E-state index contributed by atoms with van der Waals surface area (Å²) in [6.07, 6.45) is -0.0611. The van der Waals surface area contributed by atoms with E-state index in [0.717, 1.165) is 31.2 Å². The maximum Gasteiger partial charge on any atom is 0.420 e. The Kier molecular flexibility index (Phi) is 6.87. The molecule has 2 aromatic rings. The summed E-state index contributed by atoms with van der Waals surface area (Å²) in [4.78, 5) is 11.3. The molecule has 0 heterocycles. The summed E-state index contributed by atoms with van der Waals surface area (Å²) in [6, 6.07) is 8.47. The Morgan fingerprint density at radius 1 is 1.15 bits per heavy atom. The van der Waals surface area contributed by atoms with Crippen LogP contribution in [0.3, 0.4) is 0 Å². The molecule has 0 bridgehead atoms. The number of aliphatic carboxylic acids is 1. The Morgan fingerprint density at radius 2 is 1.82 bits per heavy atom. The number of halogens is 3. The Balaban J connectivity index is 1.51. The molecule has 2 fully saturated rings. The first kappa shape index (κ1) is 24.8. The SMILES string of the molecule is CC1CCC(Oc2ccc3ccc(CCNC4CC(C(=O)O)C4(C)C)cc3c2C(F)(F)F)CC1. The summed E-state index contributed by atoms with van der Waals surface area (Å²) in [5.74, 6) is -0.634. The van der Waals surface area contributed by atoms with E-state index >= 15 is 0 Å². The smallest absolute Gasteiger partial charge is 0.420 e. The van der Waals surface area contributed by atoms with Crippen LogP contribution >= 0.6 is 0 Å². The minimum absolute atomic E-state index is 0.0780. The minimum Gasteiger partial charge on any atom is -0.490 e. The number of carbonyl (C=O) groups is 1. The van der Waals surface area contributed by atoms with E-state index in [0.29, 0.717) is 30.7 Å². The van der Waals surface area contributed by atoms with E-state index < -0.39 is 17.7 Å². The Labute approximate surface area is 198 Å². The maximum atomic E-state index is 14.2. The highest BCUT2D eigenvalue weighted by atomic mass is 19.4. The molecule has 4 rings (SSSR count). The van der Waals surface area contributed by atoms with Crippen LogP contribution < -0.4 is 10.1 Å². The van der Waals surface area contributed by atoms with Crippen molar-refractivity contribution in [1.29, 1.82) is 0 Å². The van der Waals surface area contributed by atoms with Crippen molar-refractivity contribution in [2.45, 2.75) is 77.6 Å². The number of hydrogen-bond donors (Lipinski definition) is 2. The Hall–Kier alpha value is -2.28. The van der Waals surface area contributed by atoms with Gasteiger partial charge in [-0.05, 0) is 78.8 Å². The van der Waals surface area contributed by atoms with Gasteiger partial charge in [0.1, 0.15) is 11.3 Å². The van der Waals surface area contributed by atoms with Crippen molar-refractivity contribution >= 4 is 16.7 Å². The second kappa shape index (κ2) is 9.40. The lowest BCUT2D eigenvalue weighted by Crippen LogP contribution is -2.59. The van der Waals surface area contributed by atoms with E-state index in [4.69, 9.17) is 4.74 Å². The fourth-order valence-electron chi connectivity index (χ4n) is 5.50. The van der Waals surface area contributed by atoms with Crippen molar-refractivity contribution in [3.05, 3.63) is 41.5 Å². The Morgan fingerprint density at radius 3 is 2.44 bits per heavy atom. The lowest BCUT2D eigenvalue weighted by atomic mass is 9.58. The van der Waals surface area contributed by atoms with Gasteiger partial charge in [-0.2, -0.15) is 13.2 Å². The van der Waals surface area contributed by atoms with Gasteiger partial charge in [-0.3, -0.25) is 4.79 Å². The Bertz CT molecular complexity index is 1040. The molecular weight excluding hydrogens is 443 g/mol. The first-order chi connectivity index (χ1) is 16.0. The number of rotatable bonds is 7. The van der Waals surface area contributed by atoms with Gasteiger partial charge >= 0.3 is 12.1 Å². The molecule has 0 aromatic heterocycles. The van der Waals surface area contributed by atoms with Crippen LogP contribution in [-0.4, -0.2) is 29.8 Å². The molecule has 0 amide bonds. The van der Waals surface area contributed by atoms with Crippen LogP contribution in [0.1, 0.15) is 64.0 Å². The van der Waals surface area contributed by atoms with Crippen LogP contribution in [0.15, 0.2) is 30.3 Å². The van der Waals surface area contributed by atoms with Crippen molar-refractivity contribution < 1.29 is 27.8 Å². The fraction of sp³-hybridized carbons (Fsp3) is 0.593. The van der Waals surface area contributed by atoms with Gasteiger partial charge in [0.05, 0.1) is 12.0 Å². The second-order valence-electron chi connectivity index (χ2n) is 10.7. The maximum absolute atomic E-state index is 14.2. The number of alkyl halides is 3. The largest absolute Gasteiger partial charge is 0.490 e. The molecule has 2 aromatic carbocycles. The molecule has 0 spiro atoms. The van der Waals surface area contributed by atoms with Crippen molar-refractivity contribution in [3.8, 4) is 5.75 Å². The van der Waals surface area contributed by atoms with Crippen LogP contribution in [0, 0.1) is 17.3 Å². The molecule has 2 aliphatic carbocycles. The van der Waals surface area contributed by atoms with E-state index in [-0.39, 0.29) is 34.6 Å². The summed E-state index contributed by atoms with van der Waals surface area (Å²) >= 11 is 0. The van der Waals surface area contributed by atoms with Gasteiger partial charge in [-0.1, -0.05) is 45.0 Å². The van der Waals surface area contributed by atoms with Gasteiger partial charge in [0.25, 0.3) is 0 Å². The summed E-state index contributed by atoms with van der Waals surface area (Å²) in [5, 5.41) is 13.4. The molecule has 2 atom stereocenters. The average Bonchev–Trinajstić information content (AvgIpc) is 2.75. The summed E-state index contributed by atoms with van der Waals surface area (Å²) in [6.45, 7) is 6.62. The monoisotopic (exact) mass is 477 g/mol. The average molecular weight is 478 g/mol. The fourth-order valence-corrected chi connectivity index (χ4v) is 5.50. The lowest BCUT2D eigenvalue weighted by Gasteiger charge is -2.50. The normalized spacial score (nSPS) is 26.8. The number of carboxylic acids is 1. The number of carboxylic acid groups (broad SMARTS) is 1.